The minimum absolute atomic E-state index is 0.611. The summed E-state index contributed by atoms with van der Waals surface area (Å²) in [6, 6.07) is 1.76. The van der Waals surface area contributed by atoms with Gasteiger partial charge in [0.2, 0.25) is 5.58 Å². The summed E-state index contributed by atoms with van der Waals surface area (Å²) in [5.74, 6) is 0.694. The van der Waals surface area contributed by atoms with E-state index in [9.17, 15) is 0 Å². The summed E-state index contributed by atoms with van der Waals surface area (Å²) in [4.78, 5) is 4.05. The molecule has 0 fully saturated rings. The van der Waals surface area contributed by atoms with Gasteiger partial charge >= 0.3 is 0 Å². The van der Waals surface area contributed by atoms with Crippen molar-refractivity contribution in [2.45, 2.75) is 6.92 Å². The minimum Gasteiger partial charge on any atom is -0.490 e. The average Bonchev–Trinajstić information content (AvgIpc) is 2.53. The third-order valence-electron chi connectivity index (χ3n) is 1.51. The lowest BCUT2D eigenvalue weighted by molar-refractivity contribution is 0.332. The molecular formula is C8H8N2O2. The first kappa shape index (κ1) is 7.09. The maximum Gasteiger partial charge on any atom is 0.226 e. The van der Waals surface area contributed by atoms with E-state index in [1.807, 2.05) is 6.92 Å². The van der Waals surface area contributed by atoms with Crippen LogP contribution < -0.4 is 4.74 Å². The van der Waals surface area contributed by atoms with Crippen LogP contribution in [0.3, 0.4) is 0 Å². The fraction of sp³-hybridized carbons (Fsp3) is 0.250. The standard InChI is InChI=1S/C8H8N2O2/c1-2-11-7-3-4-9-6-5-10-12-8(6)7/h3-5H,2H2,1H3. The number of ether oxygens (including phenoxy) is 1. The summed E-state index contributed by atoms with van der Waals surface area (Å²) in [5.41, 5.74) is 1.33. The lowest BCUT2D eigenvalue weighted by atomic mass is 10.4. The SMILES string of the molecule is CCOc1ccnc2cnoc12. The highest BCUT2D eigenvalue weighted by molar-refractivity contribution is 5.77. The molecule has 0 saturated heterocycles. The molecule has 12 heavy (non-hydrogen) atoms. The van der Waals surface area contributed by atoms with Crippen LogP contribution in [-0.4, -0.2) is 16.7 Å². The van der Waals surface area contributed by atoms with Gasteiger partial charge in [-0.1, -0.05) is 5.16 Å². The van der Waals surface area contributed by atoms with Gasteiger partial charge in [0.1, 0.15) is 5.52 Å². The Morgan fingerprint density at radius 2 is 2.50 bits per heavy atom. The topological polar surface area (TPSA) is 48.2 Å². The summed E-state index contributed by atoms with van der Waals surface area (Å²) in [6.45, 7) is 2.53. The van der Waals surface area contributed by atoms with E-state index in [4.69, 9.17) is 9.26 Å². The maximum atomic E-state index is 5.30. The van der Waals surface area contributed by atoms with Crippen LogP contribution in [0.15, 0.2) is 23.0 Å². The summed E-state index contributed by atoms with van der Waals surface area (Å²) in [5, 5.41) is 3.63. The van der Waals surface area contributed by atoms with E-state index >= 15 is 0 Å². The van der Waals surface area contributed by atoms with Crippen LogP contribution in [0.1, 0.15) is 6.92 Å². The lowest BCUT2D eigenvalue weighted by Crippen LogP contribution is -1.91. The Labute approximate surface area is 69.1 Å². The summed E-state index contributed by atoms with van der Waals surface area (Å²) in [6.07, 6.45) is 3.24. The largest absolute Gasteiger partial charge is 0.490 e. The Bertz CT molecular complexity index is 383. The molecule has 0 unspecified atom stereocenters. The zero-order chi connectivity index (χ0) is 8.39. The Balaban J connectivity index is 2.57. The van der Waals surface area contributed by atoms with Crippen LogP contribution in [0.25, 0.3) is 11.1 Å². The normalized spacial score (nSPS) is 10.4. The molecular weight excluding hydrogens is 156 g/mol. The summed E-state index contributed by atoms with van der Waals surface area (Å²) >= 11 is 0. The van der Waals surface area contributed by atoms with Crippen molar-refractivity contribution in [1.29, 1.82) is 0 Å². The van der Waals surface area contributed by atoms with E-state index in [1.54, 1.807) is 18.5 Å². The average molecular weight is 164 g/mol. The molecule has 4 nitrogen and oxygen atoms in total. The van der Waals surface area contributed by atoms with Crippen molar-refractivity contribution in [3.63, 3.8) is 0 Å². The highest BCUT2D eigenvalue weighted by atomic mass is 16.5. The molecule has 0 aliphatic rings. The van der Waals surface area contributed by atoms with Crippen molar-refractivity contribution >= 4 is 11.1 Å². The zero-order valence-electron chi connectivity index (χ0n) is 6.65. The summed E-state index contributed by atoms with van der Waals surface area (Å²) in [7, 11) is 0. The van der Waals surface area contributed by atoms with Crippen LogP contribution in [0, 0.1) is 0 Å². The monoisotopic (exact) mass is 164 g/mol. The molecule has 0 aromatic carbocycles. The second-order valence-electron chi connectivity index (χ2n) is 2.28. The Morgan fingerprint density at radius 1 is 1.58 bits per heavy atom. The minimum atomic E-state index is 0.611. The van der Waals surface area contributed by atoms with E-state index in [0.29, 0.717) is 17.9 Å². The van der Waals surface area contributed by atoms with Crippen molar-refractivity contribution in [1.82, 2.24) is 10.1 Å². The number of pyridine rings is 1. The Hall–Kier alpha value is -1.58. The predicted octanol–water partition coefficient (Wildman–Crippen LogP) is 1.62. The van der Waals surface area contributed by atoms with Gasteiger partial charge in [0, 0.05) is 12.3 Å². The number of aromatic nitrogens is 2. The van der Waals surface area contributed by atoms with Crippen LogP contribution in [0.2, 0.25) is 0 Å². The van der Waals surface area contributed by atoms with Gasteiger partial charge in [0.05, 0.1) is 12.8 Å². The molecule has 0 radical (unpaired) electrons. The fourth-order valence-electron chi connectivity index (χ4n) is 1.03. The number of nitrogens with zero attached hydrogens (tertiary/aromatic N) is 2. The molecule has 0 aliphatic carbocycles. The van der Waals surface area contributed by atoms with Crippen molar-refractivity contribution in [3.05, 3.63) is 18.5 Å². The second kappa shape index (κ2) is 2.81. The molecule has 0 atom stereocenters. The number of hydrogen-bond donors (Lipinski definition) is 0. The van der Waals surface area contributed by atoms with Gasteiger partial charge in [0.25, 0.3) is 0 Å². The van der Waals surface area contributed by atoms with Gasteiger partial charge < -0.3 is 9.26 Å². The lowest BCUT2D eigenvalue weighted by Gasteiger charge is -2.00. The van der Waals surface area contributed by atoms with Crippen molar-refractivity contribution in [3.8, 4) is 5.75 Å². The second-order valence-corrected chi connectivity index (χ2v) is 2.28. The molecule has 2 aromatic heterocycles. The molecule has 2 aromatic rings. The van der Waals surface area contributed by atoms with Gasteiger partial charge in [-0.15, -0.1) is 0 Å². The van der Waals surface area contributed by atoms with Gasteiger partial charge in [-0.2, -0.15) is 0 Å². The third-order valence-corrected chi connectivity index (χ3v) is 1.51. The fourth-order valence-corrected chi connectivity index (χ4v) is 1.03. The van der Waals surface area contributed by atoms with Crippen LogP contribution >= 0.6 is 0 Å². The first-order valence-corrected chi connectivity index (χ1v) is 3.74. The van der Waals surface area contributed by atoms with E-state index in [-0.39, 0.29) is 0 Å². The van der Waals surface area contributed by atoms with Gasteiger partial charge in [-0.25, -0.2) is 0 Å². The Morgan fingerprint density at radius 3 is 3.33 bits per heavy atom. The van der Waals surface area contributed by atoms with Gasteiger partial charge in [-0.3, -0.25) is 4.98 Å². The first-order chi connectivity index (χ1) is 5.92. The third kappa shape index (κ3) is 1.01. The smallest absolute Gasteiger partial charge is 0.226 e. The van der Waals surface area contributed by atoms with E-state index in [1.165, 1.54) is 0 Å². The van der Waals surface area contributed by atoms with E-state index < -0.39 is 0 Å². The quantitative estimate of drug-likeness (QED) is 0.676. The van der Waals surface area contributed by atoms with Crippen LogP contribution in [-0.2, 0) is 0 Å². The maximum absolute atomic E-state index is 5.30. The molecule has 0 spiro atoms. The summed E-state index contributed by atoms with van der Waals surface area (Å²) < 4.78 is 10.3. The molecule has 0 bridgehead atoms. The zero-order valence-corrected chi connectivity index (χ0v) is 6.65. The highest BCUT2D eigenvalue weighted by Gasteiger charge is 2.05. The molecule has 2 heterocycles. The molecule has 0 saturated carbocycles. The first-order valence-electron chi connectivity index (χ1n) is 3.74. The Kier molecular flexibility index (Phi) is 1.66. The molecule has 0 aliphatic heterocycles. The number of rotatable bonds is 2. The van der Waals surface area contributed by atoms with Crippen LogP contribution in [0.4, 0.5) is 0 Å². The number of hydrogen-bond acceptors (Lipinski definition) is 4. The van der Waals surface area contributed by atoms with E-state index in [2.05, 4.69) is 10.1 Å². The van der Waals surface area contributed by atoms with Gasteiger partial charge in [0.15, 0.2) is 5.75 Å². The van der Waals surface area contributed by atoms with Crippen LogP contribution in [0.5, 0.6) is 5.75 Å². The molecule has 4 heteroatoms. The molecule has 0 N–H and O–H groups in total. The predicted molar refractivity (Wildman–Crippen MR) is 43.0 cm³/mol. The molecule has 2 rings (SSSR count). The number of fused-ring (bicyclic) bond motifs is 1. The van der Waals surface area contributed by atoms with Gasteiger partial charge in [-0.05, 0) is 6.92 Å². The molecule has 0 amide bonds. The molecule has 62 valence electrons. The van der Waals surface area contributed by atoms with Crippen molar-refractivity contribution in [2.24, 2.45) is 0 Å². The van der Waals surface area contributed by atoms with E-state index in [0.717, 1.165) is 5.52 Å². The highest BCUT2D eigenvalue weighted by Crippen LogP contribution is 2.22. The van der Waals surface area contributed by atoms with Crippen molar-refractivity contribution in [2.75, 3.05) is 6.61 Å². The van der Waals surface area contributed by atoms with Crippen molar-refractivity contribution < 1.29 is 9.26 Å².